The van der Waals surface area contributed by atoms with Crippen LogP contribution in [0.15, 0.2) is 6.20 Å². The lowest BCUT2D eigenvalue weighted by Crippen LogP contribution is -2.35. The summed E-state index contributed by atoms with van der Waals surface area (Å²) in [6.07, 6.45) is 9.88. The van der Waals surface area contributed by atoms with Crippen molar-refractivity contribution in [3.8, 4) is 0 Å². The highest BCUT2D eigenvalue weighted by Gasteiger charge is 2.17. The number of hydrogen-bond acceptors (Lipinski definition) is 3. The number of hydrogen-bond donors (Lipinski definition) is 3. The van der Waals surface area contributed by atoms with Gasteiger partial charge in [0.15, 0.2) is 0 Å². The SMILES string of the molecule is Nc1cn[nH]c1C(=O)NC1CCCCCCC1. The van der Waals surface area contributed by atoms with Crippen molar-refractivity contribution in [2.24, 2.45) is 0 Å². The molecule has 0 spiro atoms. The van der Waals surface area contributed by atoms with Crippen molar-refractivity contribution in [2.45, 2.75) is 51.0 Å². The summed E-state index contributed by atoms with van der Waals surface area (Å²) in [7, 11) is 0. The number of H-pyrrole nitrogens is 1. The van der Waals surface area contributed by atoms with Gasteiger partial charge in [-0.25, -0.2) is 0 Å². The molecular weight excluding hydrogens is 216 g/mol. The Kier molecular flexibility index (Phi) is 4.01. The fraction of sp³-hybridized carbons (Fsp3) is 0.667. The number of nitrogens with zero attached hydrogens (tertiary/aromatic N) is 1. The lowest BCUT2D eigenvalue weighted by Gasteiger charge is -2.20. The van der Waals surface area contributed by atoms with Gasteiger partial charge in [-0.3, -0.25) is 9.89 Å². The molecule has 1 heterocycles. The number of carbonyl (C=O) groups is 1. The second-order valence-electron chi connectivity index (χ2n) is 4.72. The van der Waals surface area contributed by atoms with Crippen LogP contribution >= 0.6 is 0 Å². The monoisotopic (exact) mass is 236 g/mol. The molecule has 0 unspecified atom stereocenters. The normalized spacial score (nSPS) is 18.4. The average Bonchev–Trinajstić information content (AvgIpc) is 2.68. The predicted octanol–water partition coefficient (Wildman–Crippen LogP) is 1.83. The highest BCUT2D eigenvalue weighted by Crippen LogP contribution is 2.17. The summed E-state index contributed by atoms with van der Waals surface area (Å²) in [6.45, 7) is 0. The first-order chi connectivity index (χ1) is 8.27. The number of aromatic amines is 1. The van der Waals surface area contributed by atoms with Gasteiger partial charge in [0.2, 0.25) is 0 Å². The van der Waals surface area contributed by atoms with Crippen molar-refractivity contribution in [3.63, 3.8) is 0 Å². The third kappa shape index (κ3) is 3.22. The van der Waals surface area contributed by atoms with Gasteiger partial charge >= 0.3 is 0 Å². The molecule has 0 aromatic carbocycles. The zero-order valence-electron chi connectivity index (χ0n) is 10.0. The lowest BCUT2D eigenvalue weighted by atomic mass is 9.96. The largest absolute Gasteiger partial charge is 0.396 e. The molecule has 4 N–H and O–H groups in total. The molecule has 0 aliphatic heterocycles. The van der Waals surface area contributed by atoms with Crippen LogP contribution in [0.1, 0.15) is 55.4 Å². The first-order valence-electron chi connectivity index (χ1n) is 6.37. The van der Waals surface area contributed by atoms with Gasteiger partial charge in [-0.1, -0.05) is 32.1 Å². The summed E-state index contributed by atoms with van der Waals surface area (Å²) in [5, 5.41) is 9.43. The van der Waals surface area contributed by atoms with Crippen molar-refractivity contribution in [1.29, 1.82) is 0 Å². The van der Waals surface area contributed by atoms with Crippen molar-refractivity contribution < 1.29 is 4.79 Å². The Hall–Kier alpha value is -1.52. The summed E-state index contributed by atoms with van der Waals surface area (Å²) in [5.41, 5.74) is 6.44. The van der Waals surface area contributed by atoms with Crippen molar-refractivity contribution in [1.82, 2.24) is 15.5 Å². The molecule has 1 fully saturated rings. The molecule has 5 nitrogen and oxygen atoms in total. The molecule has 0 radical (unpaired) electrons. The fourth-order valence-corrected chi connectivity index (χ4v) is 2.34. The topological polar surface area (TPSA) is 83.8 Å². The van der Waals surface area contributed by atoms with E-state index in [9.17, 15) is 4.79 Å². The molecule has 94 valence electrons. The van der Waals surface area contributed by atoms with E-state index in [1.54, 1.807) is 0 Å². The zero-order chi connectivity index (χ0) is 12.1. The Balaban J connectivity index is 1.91. The van der Waals surface area contributed by atoms with Gasteiger partial charge in [0.1, 0.15) is 5.69 Å². The van der Waals surface area contributed by atoms with E-state index in [0.29, 0.717) is 11.4 Å². The number of anilines is 1. The van der Waals surface area contributed by atoms with Crippen LogP contribution in [0.5, 0.6) is 0 Å². The van der Waals surface area contributed by atoms with Crippen LogP contribution in [0, 0.1) is 0 Å². The molecule has 1 aromatic rings. The maximum Gasteiger partial charge on any atom is 0.271 e. The van der Waals surface area contributed by atoms with E-state index >= 15 is 0 Å². The maximum atomic E-state index is 11.9. The summed E-state index contributed by atoms with van der Waals surface area (Å²) >= 11 is 0. The second kappa shape index (κ2) is 5.70. The summed E-state index contributed by atoms with van der Waals surface area (Å²) in [4.78, 5) is 11.9. The average molecular weight is 236 g/mol. The molecule has 1 saturated carbocycles. The standard InChI is InChI=1S/C12H20N4O/c13-10-8-14-16-11(10)12(17)15-9-6-4-2-1-3-5-7-9/h8-9H,1-7,13H2,(H,14,16)(H,15,17). The Morgan fingerprint density at radius 2 is 1.94 bits per heavy atom. The molecule has 0 atom stereocenters. The predicted molar refractivity (Wildman–Crippen MR) is 66.6 cm³/mol. The number of carbonyl (C=O) groups excluding carboxylic acids is 1. The van der Waals surface area contributed by atoms with Crippen LogP contribution in [0.3, 0.4) is 0 Å². The molecule has 5 heteroatoms. The number of amides is 1. The Bertz CT molecular complexity index is 366. The quantitative estimate of drug-likeness (QED) is 0.732. The van der Waals surface area contributed by atoms with Crippen molar-refractivity contribution in [3.05, 3.63) is 11.9 Å². The van der Waals surface area contributed by atoms with Crippen LogP contribution in [0.2, 0.25) is 0 Å². The molecule has 0 saturated heterocycles. The van der Waals surface area contributed by atoms with Gasteiger partial charge in [-0.15, -0.1) is 0 Å². The molecule has 1 aromatic heterocycles. The molecular formula is C12H20N4O. The van der Waals surface area contributed by atoms with Crippen LogP contribution in [0.25, 0.3) is 0 Å². The van der Waals surface area contributed by atoms with E-state index in [4.69, 9.17) is 5.73 Å². The van der Waals surface area contributed by atoms with Crippen LogP contribution in [-0.2, 0) is 0 Å². The molecule has 0 bridgehead atoms. The molecule has 2 rings (SSSR count). The number of nitrogens with two attached hydrogens (primary N) is 1. The number of nitrogen functional groups attached to an aromatic ring is 1. The third-order valence-corrected chi connectivity index (χ3v) is 3.34. The first-order valence-corrected chi connectivity index (χ1v) is 6.37. The van der Waals surface area contributed by atoms with Gasteiger partial charge in [-0.05, 0) is 12.8 Å². The minimum Gasteiger partial charge on any atom is -0.396 e. The maximum absolute atomic E-state index is 11.9. The minimum absolute atomic E-state index is 0.134. The summed E-state index contributed by atoms with van der Waals surface area (Å²) in [6, 6.07) is 0.283. The van der Waals surface area contributed by atoms with E-state index in [1.165, 1.54) is 38.3 Å². The van der Waals surface area contributed by atoms with Gasteiger partial charge < -0.3 is 11.1 Å². The van der Waals surface area contributed by atoms with E-state index < -0.39 is 0 Å². The van der Waals surface area contributed by atoms with Gasteiger partial charge in [-0.2, -0.15) is 5.10 Å². The van der Waals surface area contributed by atoms with Crippen molar-refractivity contribution in [2.75, 3.05) is 5.73 Å². The number of aromatic nitrogens is 2. The Labute approximate surface area is 101 Å². The van der Waals surface area contributed by atoms with E-state index in [-0.39, 0.29) is 11.9 Å². The smallest absolute Gasteiger partial charge is 0.271 e. The van der Waals surface area contributed by atoms with Gasteiger partial charge in [0.25, 0.3) is 5.91 Å². The van der Waals surface area contributed by atoms with E-state index in [1.807, 2.05) is 0 Å². The third-order valence-electron chi connectivity index (χ3n) is 3.34. The fourth-order valence-electron chi connectivity index (χ4n) is 2.34. The zero-order valence-corrected chi connectivity index (χ0v) is 10.0. The number of nitrogens with one attached hydrogen (secondary N) is 2. The molecule has 17 heavy (non-hydrogen) atoms. The summed E-state index contributed by atoms with van der Waals surface area (Å²) in [5.74, 6) is -0.134. The lowest BCUT2D eigenvalue weighted by molar-refractivity contribution is 0.0926. The van der Waals surface area contributed by atoms with E-state index in [2.05, 4.69) is 15.5 Å². The van der Waals surface area contributed by atoms with Crippen LogP contribution in [0.4, 0.5) is 5.69 Å². The molecule has 1 aliphatic carbocycles. The Morgan fingerprint density at radius 3 is 2.53 bits per heavy atom. The Morgan fingerprint density at radius 1 is 1.29 bits per heavy atom. The second-order valence-corrected chi connectivity index (χ2v) is 4.72. The summed E-state index contributed by atoms with van der Waals surface area (Å²) < 4.78 is 0. The first kappa shape index (κ1) is 12.0. The number of rotatable bonds is 2. The van der Waals surface area contributed by atoms with Gasteiger partial charge in [0, 0.05) is 6.04 Å². The minimum atomic E-state index is -0.134. The highest BCUT2D eigenvalue weighted by molar-refractivity contribution is 5.97. The molecule has 1 aliphatic rings. The highest BCUT2D eigenvalue weighted by atomic mass is 16.2. The van der Waals surface area contributed by atoms with E-state index in [0.717, 1.165) is 12.8 Å². The van der Waals surface area contributed by atoms with Crippen molar-refractivity contribution >= 4 is 11.6 Å². The molecule has 1 amide bonds. The van der Waals surface area contributed by atoms with Gasteiger partial charge in [0.05, 0.1) is 11.9 Å². The van der Waals surface area contributed by atoms with Crippen LogP contribution in [-0.4, -0.2) is 22.1 Å². The van der Waals surface area contributed by atoms with Crippen LogP contribution < -0.4 is 11.1 Å².